The molecule has 0 aromatic rings. The zero-order chi connectivity index (χ0) is 12.5. The lowest BCUT2D eigenvalue weighted by molar-refractivity contribution is -0.143. The van der Waals surface area contributed by atoms with Crippen LogP contribution in [0.4, 0.5) is 0 Å². The van der Waals surface area contributed by atoms with Crippen molar-refractivity contribution in [3.63, 3.8) is 0 Å². The Hall–Kier alpha value is -0.220. The number of esters is 1. The topological polar surface area (TPSA) is 29.5 Å². The second kappa shape index (κ2) is 8.81. The minimum Gasteiger partial charge on any atom is -0.466 e. The van der Waals surface area contributed by atoms with Crippen LogP contribution in [0.5, 0.6) is 0 Å². The molecule has 1 saturated heterocycles. The molecule has 0 saturated carbocycles. The van der Waals surface area contributed by atoms with E-state index in [1.54, 1.807) is 0 Å². The second-order valence-electron chi connectivity index (χ2n) is 4.58. The minimum absolute atomic E-state index is 0.0461. The number of carbonyl (C=O) groups excluding carboxylic acids is 1. The quantitative estimate of drug-likeness (QED) is 0.519. The predicted octanol–water partition coefficient (Wildman–Crippen LogP) is 2.55. The summed E-state index contributed by atoms with van der Waals surface area (Å²) in [7, 11) is 0. The van der Waals surface area contributed by atoms with E-state index in [9.17, 15) is 4.79 Å². The van der Waals surface area contributed by atoms with Gasteiger partial charge in [-0.05, 0) is 33.2 Å². The molecule has 0 amide bonds. The molecule has 17 heavy (non-hydrogen) atoms. The van der Waals surface area contributed by atoms with E-state index in [4.69, 9.17) is 4.74 Å². The van der Waals surface area contributed by atoms with Gasteiger partial charge in [0.15, 0.2) is 0 Å². The van der Waals surface area contributed by atoms with Crippen LogP contribution >= 0.6 is 11.8 Å². The molecular formula is C13H25NO2S. The van der Waals surface area contributed by atoms with Gasteiger partial charge in [0.25, 0.3) is 0 Å². The Bertz CT molecular complexity index is 223. The van der Waals surface area contributed by atoms with E-state index in [1.165, 1.54) is 31.0 Å². The van der Waals surface area contributed by atoms with Crippen LogP contribution in [-0.2, 0) is 9.53 Å². The van der Waals surface area contributed by atoms with Crippen LogP contribution in [0.3, 0.4) is 0 Å². The van der Waals surface area contributed by atoms with Crippen LogP contribution in [0.2, 0.25) is 0 Å². The van der Waals surface area contributed by atoms with Crippen LogP contribution in [0.25, 0.3) is 0 Å². The van der Waals surface area contributed by atoms with Crippen molar-refractivity contribution in [1.29, 1.82) is 0 Å². The third kappa shape index (κ3) is 6.32. The Morgan fingerprint density at radius 1 is 1.41 bits per heavy atom. The lowest BCUT2D eigenvalue weighted by atomic mass is 10.1. The highest BCUT2D eigenvalue weighted by Crippen LogP contribution is 2.16. The Morgan fingerprint density at radius 2 is 2.24 bits per heavy atom. The van der Waals surface area contributed by atoms with E-state index in [-0.39, 0.29) is 5.97 Å². The molecular weight excluding hydrogens is 234 g/mol. The summed E-state index contributed by atoms with van der Waals surface area (Å²) in [6, 6.07) is 0.721. The molecule has 1 heterocycles. The first kappa shape index (κ1) is 14.8. The lowest BCUT2D eigenvalue weighted by Crippen LogP contribution is -2.40. The summed E-state index contributed by atoms with van der Waals surface area (Å²) < 4.78 is 4.90. The minimum atomic E-state index is -0.0461. The first-order valence-electron chi connectivity index (χ1n) is 6.71. The summed E-state index contributed by atoms with van der Waals surface area (Å²) in [6.45, 7) is 7.08. The van der Waals surface area contributed by atoms with Crippen LogP contribution in [-0.4, -0.2) is 48.1 Å². The van der Waals surface area contributed by atoms with Crippen molar-refractivity contribution in [2.75, 3.05) is 31.2 Å². The normalized spacial score (nSPS) is 21.4. The van der Waals surface area contributed by atoms with Crippen LogP contribution in [0.1, 0.15) is 39.5 Å². The van der Waals surface area contributed by atoms with Gasteiger partial charge in [0, 0.05) is 30.5 Å². The fourth-order valence-electron chi connectivity index (χ4n) is 2.09. The van der Waals surface area contributed by atoms with E-state index in [1.807, 2.05) is 6.92 Å². The van der Waals surface area contributed by atoms with Gasteiger partial charge in [-0.15, -0.1) is 0 Å². The van der Waals surface area contributed by atoms with Gasteiger partial charge in [0.05, 0.1) is 6.61 Å². The molecule has 0 bridgehead atoms. The molecule has 3 nitrogen and oxygen atoms in total. The Balaban J connectivity index is 1.98. The summed E-state index contributed by atoms with van der Waals surface area (Å²) in [4.78, 5) is 13.7. The van der Waals surface area contributed by atoms with Crippen molar-refractivity contribution in [1.82, 2.24) is 4.90 Å². The number of hydrogen-bond donors (Lipinski definition) is 0. The fraction of sp³-hybridized carbons (Fsp3) is 0.923. The highest BCUT2D eigenvalue weighted by Gasteiger charge is 2.17. The third-order valence-corrected chi connectivity index (χ3v) is 4.33. The standard InChI is InChI=1S/C13H25NO2S/c1-3-16-13(15)7-5-4-6-8-14-9-10-17-11-12(14)2/h12H,3-11H2,1-2H3. The van der Waals surface area contributed by atoms with E-state index >= 15 is 0 Å². The molecule has 0 aliphatic carbocycles. The maximum absolute atomic E-state index is 11.1. The summed E-state index contributed by atoms with van der Waals surface area (Å²) in [5, 5.41) is 0. The zero-order valence-electron chi connectivity index (χ0n) is 11.1. The number of hydrogen-bond acceptors (Lipinski definition) is 4. The average molecular weight is 259 g/mol. The molecule has 0 spiro atoms. The summed E-state index contributed by atoms with van der Waals surface area (Å²) >= 11 is 2.06. The zero-order valence-corrected chi connectivity index (χ0v) is 11.9. The predicted molar refractivity (Wildman–Crippen MR) is 73.5 cm³/mol. The van der Waals surface area contributed by atoms with Gasteiger partial charge < -0.3 is 4.74 Å². The van der Waals surface area contributed by atoms with Crippen molar-refractivity contribution in [2.45, 2.75) is 45.6 Å². The smallest absolute Gasteiger partial charge is 0.305 e. The van der Waals surface area contributed by atoms with Crippen LogP contribution in [0.15, 0.2) is 0 Å². The molecule has 1 rings (SSSR count). The van der Waals surface area contributed by atoms with E-state index in [0.29, 0.717) is 13.0 Å². The van der Waals surface area contributed by atoms with Gasteiger partial charge in [-0.25, -0.2) is 0 Å². The highest BCUT2D eigenvalue weighted by atomic mass is 32.2. The Morgan fingerprint density at radius 3 is 2.94 bits per heavy atom. The van der Waals surface area contributed by atoms with Gasteiger partial charge in [-0.1, -0.05) is 6.42 Å². The number of nitrogens with zero attached hydrogens (tertiary/aromatic N) is 1. The number of thioether (sulfide) groups is 1. The molecule has 1 aliphatic rings. The molecule has 1 atom stereocenters. The fourth-order valence-corrected chi connectivity index (χ4v) is 3.17. The molecule has 1 unspecified atom stereocenters. The van der Waals surface area contributed by atoms with Gasteiger partial charge in [-0.2, -0.15) is 11.8 Å². The van der Waals surface area contributed by atoms with Gasteiger partial charge in [0.1, 0.15) is 0 Å². The maximum atomic E-state index is 11.1. The largest absolute Gasteiger partial charge is 0.466 e. The molecule has 0 aromatic carbocycles. The number of ether oxygens (including phenoxy) is 1. The molecule has 4 heteroatoms. The molecule has 0 radical (unpaired) electrons. The van der Waals surface area contributed by atoms with Gasteiger partial charge in [-0.3, -0.25) is 9.69 Å². The molecule has 1 fully saturated rings. The first-order valence-corrected chi connectivity index (χ1v) is 7.87. The molecule has 100 valence electrons. The Labute approximate surface area is 109 Å². The SMILES string of the molecule is CCOC(=O)CCCCCN1CCSCC1C. The van der Waals surface area contributed by atoms with Gasteiger partial charge >= 0.3 is 5.97 Å². The van der Waals surface area contributed by atoms with E-state index in [0.717, 1.165) is 18.9 Å². The van der Waals surface area contributed by atoms with Crippen molar-refractivity contribution < 1.29 is 9.53 Å². The number of rotatable bonds is 7. The van der Waals surface area contributed by atoms with Crippen molar-refractivity contribution in [3.8, 4) is 0 Å². The first-order chi connectivity index (χ1) is 8.24. The molecule has 0 aromatic heterocycles. The summed E-state index contributed by atoms with van der Waals surface area (Å²) in [5.41, 5.74) is 0. The Kier molecular flexibility index (Phi) is 7.69. The van der Waals surface area contributed by atoms with Crippen molar-refractivity contribution in [2.24, 2.45) is 0 Å². The maximum Gasteiger partial charge on any atom is 0.305 e. The second-order valence-corrected chi connectivity index (χ2v) is 5.73. The number of unbranched alkanes of at least 4 members (excludes halogenated alkanes) is 2. The molecule has 1 aliphatic heterocycles. The van der Waals surface area contributed by atoms with E-state index < -0.39 is 0 Å². The van der Waals surface area contributed by atoms with Crippen molar-refractivity contribution in [3.05, 3.63) is 0 Å². The monoisotopic (exact) mass is 259 g/mol. The van der Waals surface area contributed by atoms with Crippen LogP contribution in [0, 0.1) is 0 Å². The summed E-state index contributed by atoms with van der Waals surface area (Å²) in [6.07, 6.45) is 3.89. The van der Waals surface area contributed by atoms with E-state index in [2.05, 4.69) is 23.6 Å². The average Bonchev–Trinajstić information content (AvgIpc) is 2.31. The lowest BCUT2D eigenvalue weighted by Gasteiger charge is -2.32. The van der Waals surface area contributed by atoms with Crippen LogP contribution < -0.4 is 0 Å². The van der Waals surface area contributed by atoms with Gasteiger partial charge in [0.2, 0.25) is 0 Å². The third-order valence-electron chi connectivity index (χ3n) is 3.14. The highest BCUT2D eigenvalue weighted by molar-refractivity contribution is 7.99. The van der Waals surface area contributed by atoms with Crippen molar-refractivity contribution >= 4 is 17.7 Å². The molecule has 0 N–H and O–H groups in total. The number of carbonyl (C=O) groups is 1. The summed E-state index contributed by atoms with van der Waals surface area (Å²) in [5.74, 6) is 2.49.